The third-order valence-electron chi connectivity index (χ3n) is 5.51. The summed E-state index contributed by atoms with van der Waals surface area (Å²) in [5.74, 6) is 2.57. The molecule has 0 spiro atoms. The van der Waals surface area contributed by atoms with Crippen molar-refractivity contribution in [2.45, 2.75) is 60.4 Å². The van der Waals surface area contributed by atoms with Crippen LogP contribution in [0.1, 0.15) is 54.4 Å². The van der Waals surface area contributed by atoms with Gasteiger partial charge in [-0.15, -0.1) is 0 Å². The summed E-state index contributed by atoms with van der Waals surface area (Å²) in [5.41, 5.74) is 0.555. The Bertz CT molecular complexity index is 225. The fourth-order valence-electron chi connectivity index (χ4n) is 3.72. The maximum atomic E-state index is 2.59. The average Bonchev–Trinajstić information content (AvgIpc) is 2.81. The predicted molar refractivity (Wildman–Crippen MR) is 72.6 cm³/mol. The van der Waals surface area contributed by atoms with E-state index in [0.717, 1.165) is 23.8 Å². The first-order valence-electron chi connectivity index (χ1n) is 7.11. The quantitative estimate of drug-likeness (QED) is 0.659. The van der Waals surface area contributed by atoms with Gasteiger partial charge in [0.25, 0.3) is 0 Å². The molecule has 0 bridgehead atoms. The van der Waals surface area contributed by atoms with Crippen LogP contribution in [0.15, 0.2) is 0 Å². The normalized spacial score (nSPS) is 37.5. The Hall–Kier alpha value is -0.0400. The van der Waals surface area contributed by atoms with E-state index in [1.54, 1.807) is 0 Å². The van der Waals surface area contributed by atoms with E-state index in [1.807, 2.05) is 0 Å². The van der Waals surface area contributed by atoms with E-state index in [-0.39, 0.29) is 0 Å². The van der Waals surface area contributed by atoms with E-state index < -0.39 is 0 Å². The zero-order valence-corrected chi connectivity index (χ0v) is 12.4. The van der Waals surface area contributed by atoms with Gasteiger partial charge in [-0.05, 0) is 43.2 Å². The lowest BCUT2D eigenvalue weighted by atomic mass is 9.79. The summed E-state index contributed by atoms with van der Waals surface area (Å²) in [7, 11) is 2.30. The van der Waals surface area contributed by atoms with Gasteiger partial charge in [0.15, 0.2) is 0 Å². The minimum absolute atomic E-state index is 0.555. The molecule has 5 atom stereocenters. The van der Waals surface area contributed by atoms with Crippen molar-refractivity contribution in [3.63, 3.8) is 0 Å². The van der Waals surface area contributed by atoms with Crippen LogP contribution in [0.25, 0.3) is 0 Å². The fraction of sp³-hybridized carbons (Fsp3) is 1.00. The first-order chi connectivity index (χ1) is 7.41. The van der Waals surface area contributed by atoms with Crippen LogP contribution in [0.2, 0.25) is 0 Å². The summed E-state index contributed by atoms with van der Waals surface area (Å²) in [4.78, 5) is 2.59. The molecule has 1 rings (SSSR count). The van der Waals surface area contributed by atoms with Crippen molar-refractivity contribution in [3.8, 4) is 0 Å². The van der Waals surface area contributed by atoms with Crippen LogP contribution < -0.4 is 0 Å². The lowest BCUT2D eigenvalue weighted by Gasteiger charge is -2.29. The van der Waals surface area contributed by atoms with Crippen molar-refractivity contribution in [2.75, 3.05) is 13.6 Å². The molecule has 1 nitrogen and oxygen atoms in total. The van der Waals surface area contributed by atoms with Crippen LogP contribution in [-0.2, 0) is 0 Å². The van der Waals surface area contributed by atoms with Crippen molar-refractivity contribution in [3.05, 3.63) is 0 Å². The van der Waals surface area contributed by atoms with Gasteiger partial charge in [0.2, 0.25) is 0 Å². The molecule has 0 amide bonds. The molecule has 0 heterocycles. The lowest BCUT2D eigenvalue weighted by molar-refractivity contribution is 0.190. The Kier molecular flexibility index (Phi) is 4.45. The topological polar surface area (TPSA) is 3.24 Å². The van der Waals surface area contributed by atoms with Crippen LogP contribution in [0, 0.1) is 23.2 Å². The first kappa shape index (κ1) is 14.0. The lowest BCUT2D eigenvalue weighted by Crippen LogP contribution is -2.30. The zero-order chi connectivity index (χ0) is 12.5. The summed E-state index contributed by atoms with van der Waals surface area (Å²) >= 11 is 0. The molecule has 1 saturated carbocycles. The molecular weight excluding hydrogens is 194 g/mol. The first-order valence-corrected chi connectivity index (χ1v) is 7.11. The third kappa shape index (κ3) is 2.16. The highest BCUT2D eigenvalue weighted by Crippen LogP contribution is 2.61. The van der Waals surface area contributed by atoms with Gasteiger partial charge in [-0.2, -0.15) is 0 Å². The fourth-order valence-corrected chi connectivity index (χ4v) is 3.72. The summed E-state index contributed by atoms with van der Waals surface area (Å²) in [6.45, 7) is 15.7. The van der Waals surface area contributed by atoms with E-state index in [1.165, 1.54) is 19.4 Å². The van der Waals surface area contributed by atoms with Gasteiger partial charge in [-0.25, -0.2) is 0 Å². The minimum Gasteiger partial charge on any atom is -0.303 e. The summed E-state index contributed by atoms with van der Waals surface area (Å²) in [5, 5.41) is 0. The molecule has 0 N–H and O–H groups in total. The van der Waals surface area contributed by atoms with Crippen LogP contribution in [0.3, 0.4) is 0 Å². The number of rotatable bonds is 6. The smallest absolute Gasteiger partial charge is 0.0183 e. The van der Waals surface area contributed by atoms with Gasteiger partial charge in [-0.3, -0.25) is 0 Å². The summed E-state index contributed by atoms with van der Waals surface area (Å²) in [6, 6.07) is 0.816. The largest absolute Gasteiger partial charge is 0.303 e. The monoisotopic (exact) mass is 225 g/mol. The molecule has 1 aliphatic rings. The van der Waals surface area contributed by atoms with Crippen molar-refractivity contribution in [2.24, 2.45) is 23.2 Å². The zero-order valence-electron chi connectivity index (χ0n) is 12.4. The van der Waals surface area contributed by atoms with Gasteiger partial charge in [0.05, 0.1) is 0 Å². The maximum Gasteiger partial charge on any atom is 0.0183 e. The van der Waals surface area contributed by atoms with Crippen molar-refractivity contribution in [1.82, 2.24) is 4.90 Å². The Morgan fingerprint density at radius 3 is 2.25 bits per heavy atom. The third-order valence-corrected chi connectivity index (χ3v) is 5.51. The molecule has 0 aromatic carbocycles. The molecule has 1 aliphatic carbocycles. The van der Waals surface area contributed by atoms with Crippen LogP contribution in [-0.4, -0.2) is 24.5 Å². The highest BCUT2D eigenvalue weighted by molar-refractivity contribution is 5.14. The summed E-state index contributed by atoms with van der Waals surface area (Å²) in [6.07, 6.45) is 2.58. The second-order valence-corrected chi connectivity index (χ2v) is 6.25. The SMILES string of the molecule is CCCN(C)C1[C@@H](C)C1(C)C(C)C(C)CC. The highest BCUT2D eigenvalue weighted by Gasteiger charge is 2.62. The van der Waals surface area contributed by atoms with Gasteiger partial charge >= 0.3 is 0 Å². The second kappa shape index (κ2) is 5.08. The van der Waals surface area contributed by atoms with E-state index in [0.29, 0.717) is 5.41 Å². The van der Waals surface area contributed by atoms with E-state index in [4.69, 9.17) is 0 Å². The van der Waals surface area contributed by atoms with Gasteiger partial charge in [-0.1, -0.05) is 48.0 Å². The number of nitrogens with zero attached hydrogens (tertiary/aromatic N) is 1. The van der Waals surface area contributed by atoms with E-state index in [9.17, 15) is 0 Å². The Labute approximate surface area is 103 Å². The van der Waals surface area contributed by atoms with Crippen molar-refractivity contribution in [1.29, 1.82) is 0 Å². The van der Waals surface area contributed by atoms with Crippen LogP contribution >= 0.6 is 0 Å². The van der Waals surface area contributed by atoms with E-state index in [2.05, 4.69) is 53.5 Å². The molecule has 4 unspecified atom stereocenters. The molecule has 0 aromatic rings. The predicted octanol–water partition coefficient (Wildman–Crippen LogP) is 4.04. The Balaban J connectivity index is 2.66. The standard InChI is InChI=1S/C15H31N/c1-8-10-16(7)14-13(5)15(14,6)12(4)11(3)9-2/h11-14H,8-10H2,1-7H3/t11?,12?,13-,14?,15?/m1/s1. The molecule has 0 saturated heterocycles. The van der Waals surface area contributed by atoms with Crippen molar-refractivity contribution >= 4 is 0 Å². The van der Waals surface area contributed by atoms with Crippen molar-refractivity contribution < 1.29 is 0 Å². The molecule has 96 valence electrons. The molecule has 16 heavy (non-hydrogen) atoms. The minimum atomic E-state index is 0.555. The second-order valence-electron chi connectivity index (χ2n) is 6.25. The number of hydrogen-bond acceptors (Lipinski definition) is 1. The summed E-state index contributed by atoms with van der Waals surface area (Å²) < 4.78 is 0. The van der Waals surface area contributed by atoms with Gasteiger partial charge in [0.1, 0.15) is 0 Å². The molecule has 1 heteroatoms. The molecule has 0 aliphatic heterocycles. The highest BCUT2D eigenvalue weighted by atomic mass is 15.2. The molecule has 0 radical (unpaired) electrons. The number of hydrogen-bond donors (Lipinski definition) is 0. The molecule has 1 fully saturated rings. The average molecular weight is 225 g/mol. The molecular formula is C15H31N. The Morgan fingerprint density at radius 1 is 1.25 bits per heavy atom. The molecule has 0 aromatic heterocycles. The van der Waals surface area contributed by atoms with Crippen LogP contribution in [0.5, 0.6) is 0 Å². The Morgan fingerprint density at radius 2 is 1.81 bits per heavy atom. The van der Waals surface area contributed by atoms with E-state index >= 15 is 0 Å². The maximum absolute atomic E-state index is 2.59. The van der Waals surface area contributed by atoms with Gasteiger partial charge in [0, 0.05) is 6.04 Å². The van der Waals surface area contributed by atoms with Crippen LogP contribution in [0.4, 0.5) is 0 Å². The van der Waals surface area contributed by atoms with Gasteiger partial charge < -0.3 is 4.90 Å².